The summed E-state index contributed by atoms with van der Waals surface area (Å²) in [5.41, 5.74) is 1.47. The highest BCUT2D eigenvalue weighted by atomic mass is 35.5. The number of hydrogen-bond acceptors (Lipinski definition) is 3. The number of nitrogens with zero attached hydrogens (tertiary/aromatic N) is 1. The molecule has 0 spiro atoms. The lowest BCUT2D eigenvalue weighted by atomic mass is 9.85. The lowest BCUT2D eigenvalue weighted by Crippen LogP contribution is -2.48. The number of allylic oxidation sites excluding steroid dienone is 2. The maximum Gasteiger partial charge on any atom is 0.247 e. The Morgan fingerprint density at radius 2 is 1.78 bits per heavy atom. The van der Waals surface area contributed by atoms with Crippen LogP contribution in [0, 0.1) is 24.7 Å². The molecule has 3 unspecified atom stereocenters. The zero-order valence-electron chi connectivity index (χ0n) is 15.9. The first-order chi connectivity index (χ1) is 12.8. The Morgan fingerprint density at radius 1 is 1.19 bits per heavy atom. The van der Waals surface area contributed by atoms with Gasteiger partial charge in [0.2, 0.25) is 17.7 Å². The number of imide groups is 1. The molecule has 0 aromatic heterocycles. The van der Waals surface area contributed by atoms with Crippen LogP contribution in [0.5, 0.6) is 0 Å². The lowest BCUT2D eigenvalue weighted by molar-refractivity contribution is -0.147. The summed E-state index contributed by atoms with van der Waals surface area (Å²) in [6.07, 6.45) is 5.47. The van der Waals surface area contributed by atoms with Crippen molar-refractivity contribution in [1.29, 1.82) is 0 Å². The number of carbonyl (C=O) groups excluding carboxylic acids is 3. The third kappa shape index (κ3) is 3.93. The average Bonchev–Trinajstić information content (AvgIpc) is 2.86. The topological polar surface area (TPSA) is 66.5 Å². The van der Waals surface area contributed by atoms with Crippen LogP contribution in [-0.2, 0) is 14.4 Å². The van der Waals surface area contributed by atoms with E-state index in [2.05, 4.69) is 5.32 Å². The molecule has 0 radical (unpaired) electrons. The Kier molecular flexibility index (Phi) is 5.70. The minimum absolute atomic E-state index is 0.161. The number of nitrogens with one attached hydrogen (secondary N) is 1. The van der Waals surface area contributed by atoms with Crippen LogP contribution in [0.2, 0.25) is 5.02 Å². The third-order valence-electron chi connectivity index (χ3n) is 5.30. The van der Waals surface area contributed by atoms with Gasteiger partial charge in [0.15, 0.2) is 0 Å². The van der Waals surface area contributed by atoms with Crippen molar-refractivity contribution in [3.8, 4) is 0 Å². The third-order valence-corrected chi connectivity index (χ3v) is 5.53. The van der Waals surface area contributed by atoms with Crippen molar-refractivity contribution in [2.24, 2.45) is 17.8 Å². The maximum absolute atomic E-state index is 13.1. The van der Waals surface area contributed by atoms with Crippen molar-refractivity contribution in [2.45, 2.75) is 46.1 Å². The average molecular weight is 389 g/mol. The van der Waals surface area contributed by atoms with E-state index in [1.165, 1.54) is 4.90 Å². The standard InChI is InChI=1S/C21H25ClN2O3/c1-12(2)10-18(19(25)23-17-9-8-14(22)11-13(17)3)24-20(26)15-6-4-5-7-16(15)21(24)27/h4-5,8-9,11-12,15-16,18H,6-7,10H2,1-3H3,(H,23,25). The van der Waals surface area contributed by atoms with Gasteiger partial charge in [0.25, 0.3) is 0 Å². The second-order valence-corrected chi connectivity index (χ2v) is 8.23. The number of carbonyl (C=O) groups is 3. The van der Waals surface area contributed by atoms with Crippen molar-refractivity contribution in [2.75, 3.05) is 5.32 Å². The highest BCUT2D eigenvalue weighted by molar-refractivity contribution is 6.30. The monoisotopic (exact) mass is 388 g/mol. The summed E-state index contributed by atoms with van der Waals surface area (Å²) < 4.78 is 0. The van der Waals surface area contributed by atoms with E-state index in [4.69, 9.17) is 11.6 Å². The first-order valence-corrected chi connectivity index (χ1v) is 9.76. The molecule has 0 bridgehead atoms. The molecule has 1 saturated heterocycles. The molecule has 1 aromatic rings. The predicted molar refractivity (Wildman–Crippen MR) is 105 cm³/mol. The summed E-state index contributed by atoms with van der Waals surface area (Å²) in [6.45, 7) is 5.81. The number of amides is 3. The number of likely N-dealkylation sites (tertiary alicyclic amines) is 1. The Balaban J connectivity index is 1.86. The van der Waals surface area contributed by atoms with Gasteiger partial charge in [-0.2, -0.15) is 0 Å². The molecule has 1 aliphatic carbocycles. The zero-order chi connectivity index (χ0) is 19.7. The first kappa shape index (κ1) is 19.6. The molecule has 1 aromatic carbocycles. The summed E-state index contributed by atoms with van der Waals surface area (Å²) in [6, 6.07) is 4.40. The van der Waals surface area contributed by atoms with Gasteiger partial charge in [-0.1, -0.05) is 37.6 Å². The van der Waals surface area contributed by atoms with Crippen LogP contribution in [0.4, 0.5) is 5.69 Å². The minimum Gasteiger partial charge on any atom is -0.324 e. The Labute approximate surface area is 164 Å². The van der Waals surface area contributed by atoms with E-state index in [0.717, 1.165) is 5.56 Å². The molecule has 1 aliphatic heterocycles. The van der Waals surface area contributed by atoms with Gasteiger partial charge in [0.1, 0.15) is 6.04 Å². The molecule has 5 nitrogen and oxygen atoms in total. The molecule has 1 N–H and O–H groups in total. The van der Waals surface area contributed by atoms with Crippen LogP contribution in [0.25, 0.3) is 0 Å². The van der Waals surface area contributed by atoms with Gasteiger partial charge in [-0.15, -0.1) is 0 Å². The molecule has 27 heavy (non-hydrogen) atoms. The number of rotatable bonds is 5. The number of benzene rings is 1. The van der Waals surface area contributed by atoms with E-state index in [1.54, 1.807) is 18.2 Å². The van der Waals surface area contributed by atoms with Crippen molar-refractivity contribution in [3.05, 3.63) is 40.9 Å². The molecular formula is C21H25ClN2O3. The number of aryl methyl sites for hydroxylation is 1. The second-order valence-electron chi connectivity index (χ2n) is 7.80. The summed E-state index contributed by atoms with van der Waals surface area (Å²) in [7, 11) is 0. The molecule has 1 fully saturated rings. The minimum atomic E-state index is -0.800. The summed E-state index contributed by atoms with van der Waals surface area (Å²) in [5, 5.41) is 3.47. The van der Waals surface area contributed by atoms with E-state index < -0.39 is 6.04 Å². The van der Waals surface area contributed by atoms with Crippen LogP contribution in [0.1, 0.15) is 38.7 Å². The van der Waals surface area contributed by atoms with E-state index in [9.17, 15) is 14.4 Å². The van der Waals surface area contributed by atoms with Gasteiger partial charge < -0.3 is 5.32 Å². The van der Waals surface area contributed by atoms with Crippen LogP contribution < -0.4 is 5.32 Å². The predicted octanol–water partition coefficient (Wildman–Crippen LogP) is 3.95. The van der Waals surface area contributed by atoms with Crippen LogP contribution in [0.3, 0.4) is 0 Å². The zero-order valence-corrected chi connectivity index (χ0v) is 16.6. The normalized spacial score (nSPS) is 22.9. The smallest absolute Gasteiger partial charge is 0.247 e. The molecule has 2 aliphatic rings. The molecule has 3 atom stereocenters. The van der Waals surface area contributed by atoms with E-state index >= 15 is 0 Å². The fourth-order valence-corrected chi connectivity index (χ4v) is 4.12. The maximum atomic E-state index is 13.1. The van der Waals surface area contributed by atoms with Crippen molar-refractivity contribution in [3.63, 3.8) is 0 Å². The van der Waals surface area contributed by atoms with Crippen molar-refractivity contribution in [1.82, 2.24) is 4.90 Å². The number of halogens is 1. The fraction of sp³-hybridized carbons (Fsp3) is 0.476. The summed E-state index contributed by atoms with van der Waals surface area (Å²) >= 11 is 5.98. The van der Waals surface area contributed by atoms with Crippen LogP contribution in [-0.4, -0.2) is 28.7 Å². The quantitative estimate of drug-likeness (QED) is 0.613. The second kappa shape index (κ2) is 7.85. The van der Waals surface area contributed by atoms with Gasteiger partial charge >= 0.3 is 0 Å². The van der Waals surface area contributed by atoms with E-state index in [0.29, 0.717) is 30.0 Å². The largest absolute Gasteiger partial charge is 0.324 e. The van der Waals surface area contributed by atoms with Gasteiger partial charge in [-0.3, -0.25) is 19.3 Å². The van der Waals surface area contributed by atoms with Crippen LogP contribution in [0.15, 0.2) is 30.4 Å². The summed E-state index contributed by atoms with van der Waals surface area (Å²) in [4.78, 5) is 40.1. The molecule has 6 heteroatoms. The molecule has 1 heterocycles. The fourth-order valence-electron chi connectivity index (χ4n) is 3.89. The van der Waals surface area contributed by atoms with Gasteiger partial charge in [0.05, 0.1) is 11.8 Å². The van der Waals surface area contributed by atoms with Crippen molar-refractivity contribution >= 4 is 35.0 Å². The molecular weight excluding hydrogens is 364 g/mol. The Hall–Kier alpha value is -2.14. The van der Waals surface area contributed by atoms with Gasteiger partial charge in [0, 0.05) is 10.7 Å². The molecule has 3 amide bonds. The van der Waals surface area contributed by atoms with E-state index in [1.807, 2.05) is 32.9 Å². The molecule has 144 valence electrons. The molecule has 3 rings (SSSR count). The highest BCUT2D eigenvalue weighted by Crippen LogP contribution is 2.37. The highest BCUT2D eigenvalue weighted by Gasteiger charge is 2.51. The lowest BCUT2D eigenvalue weighted by Gasteiger charge is -2.27. The van der Waals surface area contributed by atoms with E-state index in [-0.39, 0.29) is 35.5 Å². The Bertz CT molecular complexity index is 777. The Morgan fingerprint density at radius 3 is 2.30 bits per heavy atom. The van der Waals surface area contributed by atoms with Crippen LogP contribution >= 0.6 is 11.6 Å². The SMILES string of the molecule is Cc1cc(Cl)ccc1NC(=O)C(CC(C)C)N1C(=O)C2CC=CCC2C1=O. The molecule has 0 saturated carbocycles. The first-order valence-electron chi connectivity index (χ1n) is 9.38. The van der Waals surface area contributed by atoms with Gasteiger partial charge in [-0.05, 0) is 55.9 Å². The number of anilines is 1. The van der Waals surface area contributed by atoms with Gasteiger partial charge in [-0.25, -0.2) is 0 Å². The number of fused-ring (bicyclic) bond motifs is 1. The summed E-state index contributed by atoms with van der Waals surface area (Å²) in [5.74, 6) is -1.27. The van der Waals surface area contributed by atoms with Crippen molar-refractivity contribution < 1.29 is 14.4 Å². The number of hydrogen-bond donors (Lipinski definition) is 1.